The molecule has 5 heteroatoms. The van der Waals surface area contributed by atoms with E-state index in [0.29, 0.717) is 35.7 Å². The number of hydrogen-bond acceptors (Lipinski definition) is 5. The Balaban J connectivity index is 1.69. The molecule has 1 aliphatic heterocycles. The lowest BCUT2D eigenvalue weighted by molar-refractivity contribution is 0.0933. The standard InChI is InChI=1S/C22H16N2O3/c23-14-15-1-3-16(4-2-15)22(17-7-10-24-11-8-17)27-18-5-6-19-20(25)9-12-26-21(19)13-18/h1-8,10-11,13,22H,9,12H2/t22-/m1/s1. The smallest absolute Gasteiger partial charge is 0.169 e. The second-order valence-electron chi connectivity index (χ2n) is 6.19. The molecule has 0 aliphatic carbocycles. The van der Waals surface area contributed by atoms with E-state index in [0.717, 1.165) is 11.1 Å². The molecule has 0 saturated heterocycles. The molecule has 2 aromatic carbocycles. The summed E-state index contributed by atoms with van der Waals surface area (Å²) >= 11 is 0. The minimum absolute atomic E-state index is 0.0839. The number of benzene rings is 2. The zero-order chi connectivity index (χ0) is 18.6. The number of nitriles is 1. The van der Waals surface area contributed by atoms with E-state index < -0.39 is 0 Å². The van der Waals surface area contributed by atoms with Crippen LogP contribution >= 0.6 is 0 Å². The molecule has 132 valence electrons. The number of carbonyl (C=O) groups excluding carboxylic acids is 1. The van der Waals surface area contributed by atoms with Crippen LogP contribution in [0.3, 0.4) is 0 Å². The number of nitrogens with zero attached hydrogens (tertiary/aromatic N) is 2. The second-order valence-corrected chi connectivity index (χ2v) is 6.19. The minimum Gasteiger partial charge on any atom is -0.492 e. The normalized spacial score (nSPS) is 13.8. The van der Waals surface area contributed by atoms with Crippen LogP contribution in [0.25, 0.3) is 0 Å². The van der Waals surface area contributed by atoms with Gasteiger partial charge in [0.05, 0.1) is 23.8 Å². The van der Waals surface area contributed by atoms with Crippen LogP contribution in [0.1, 0.15) is 39.6 Å². The molecule has 3 aromatic rings. The van der Waals surface area contributed by atoms with Gasteiger partial charge in [-0.05, 0) is 47.5 Å². The Morgan fingerprint density at radius 2 is 1.78 bits per heavy atom. The number of carbonyl (C=O) groups is 1. The molecule has 27 heavy (non-hydrogen) atoms. The average Bonchev–Trinajstić information content (AvgIpc) is 2.73. The lowest BCUT2D eigenvalue weighted by Gasteiger charge is -2.22. The summed E-state index contributed by atoms with van der Waals surface area (Å²) in [7, 11) is 0. The first-order chi connectivity index (χ1) is 13.2. The number of ether oxygens (including phenoxy) is 2. The fraction of sp³-hybridized carbons (Fsp3) is 0.136. The van der Waals surface area contributed by atoms with Gasteiger partial charge in [-0.2, -0.15) is 5.26 Å². The lowest BCUT2D eigenvalue weighted by atomic mass is 10.0. The summed E-state index contributed by atoms with van der Waals surface area (Å²) in [5.41, 5.74) is 3.03. The zero-order valence-electron chi connectivity index (χ0n) is 14.5. The second kappa shape index (κ2) is 7.30. The first-order valence-corrected chi connectivity index (χ1v) is 8.61. The van der Waals surface area contributed by atoms with Crippen molar-refractivity contribution >= 4 is 5.78 Å². The van der Waals surface area contributed by atoms with Crippen molar-refractivity contribution in [3.63, 3.8) is 0 Å². The van der Waals surface area contributed by atoms with Gasteiger partial charge in [-0.15, -0.1) is 0 Å². The third-order valence-corrected chi connectivity index (χ3v) is 4.45. The van der Waals surface area contributed by atoms with Crippen LogP contribution in [0.2, 0.25) is 0 Å². The summed E-state index contributed by atoms with van der Waals surface area (Å²) in [5.74, 6) is 1.24. The van der Waals surface area contributed by atoms with Crippen molar-refractivity contribution in [1.29, 1.82) is 5.26 Å². The number of ketones is 1. The Morgan fingerprint density at radius 1 is 1.04 bits per heavy atom. The molecule has 0 saturated carbocycles. The average molecular weight is 356 g/mol. The third kappa shape index (κ3) is 3.51. The Hall–Kier alpha value is -3.65. The van der Waals surface area contributed by atoms with Crippen molar-refractivity contribution in [3.05, 3.63) is 89.2 Å². The first kappa shape index (κ1) is 16.8. The van der Waals surface area contributed by atoms with Gasteiger partial charge in [-0.1, -0.05) is 12.1 Å². The number of pyridine rings is 1. The van der Waals surface area contributed by atoms with Gasteiger partial charge in [-0.3, -0.25) is 9.78 Å². The highest BCUT2D eigenvalue weighted by molar-refractivity contribution is 5.99. The molecule has 0 spiro atoms. The summed E-state index contributed by atoms with van der Waals surface area (Å²) < 4.78 is 11.9. The summed E-state index contributed by atoms with van der Waals surface area (Å²) in [4.78, 5) is 16.0. The predicted octanol–water partition coefficient (Wildman–Crippen LogP) is 4.09. The monoisotopic (exact) mass is 356 g/mol. The Kier molecular flexibility index (Phi) is 4.54. The molecule has 2 heterocycles. The summed E-state index contributed by atoms with van der Waals surface area (Å²) in [6, 6.07) is 18.5. The highest BCUT2D eigenvalue weighted by atomic mass is 16.5. The highest BCUT2D eigenvalue weighted by Gasteiger charge is 2.21. The Bertz CT molecular complexity index is 1010. The van der Waals surface area contributed by atoms with Crippen molar-refractivity contribution in [2.24, 2.45) is 0 Å². The van der Waals surface area contributed by atoms with Gasteiger partial charge >= 0.3 is 0 Å². The van der Waals surface area contributed by atoms with Crippen LogP contribution in [-0.4, -0.2) is 17.4 Å². The van der Waals surface area contributed by atoms with E-state index >= 15 is 0 Å². The maximum absolute atomic E-state index is 12.0. The van der Waals surface area contributed by atoms with Crippen LogP contribution in [0.15, 0.2) is 67.0 Å². The van der Waals surface area contributed by atoms with E-state index in [2.05, 4.69) is 11.1 Å². The first-order valence-electron chi connectivity index (χ1n) is 8.61. The molecular formula is C22H16N2O3. The maximum atomic E-state index is 12.0. The molecule has 0 amide bonds. The van der Waals surface area contributed by atoms with Crippen molar-refractivity contribution in [2.75, 3.05) is 6.61 Å². The van der Waals surface area contributed by atoms with Crippen molar-refractivity contribution < 1.29 is 14.3 Å². The SMILES string of the molecule is N#Cc1ccc([C@@H](Oc2ccc3c(c2)OCCC3=O)c2ccncc2)cc1. The molecule has 4 rings (SSSR count). The molecule has 0 N–H and O–H groups in total. The van der Waals surface area contributed by atoms with E-state index in [1.807, 2.05) is 24.3 Å². The van der Waals surface area contributed by atoms with E-state index in [-0.39, 0.29) is 11.9 Å². The summed E-state index contributed by atoms with van der Waals surface area (Å²) in [6.07, 6.45) is 3.45. The minimum atomic E-state index is -0.377. The van der Waals surface area contributed by atoms with Gasteiger partial charge < -0.3 is 9.47 Å². The predicted molar refractivity (Wildman–Crippen MR) is 98.7 cm³/mol. The number of hydrogen-bond donors (Lipinski definition) is 0. The Labute approximate surface area is 156 Å². The van der Waals surface area contributed by atoms with Crippen LogP contribution in [0, 0.1) is 11.3 Å². The van der Waals surface area contributed by atoms with Crippen LogP contribution in [-0.2, 0) is 0 Å². The zero-order valence-corrected chi connectivity index (χ0v) is 14.5. The van der Waals surface area contributed by atoms with Gasteiger partial charge in [-0.25, -0.2) is 0 Å². The van der Waals surface area contributed by atoms with Crippen LogP contribution in [0.4, 0.5) is 0 Å². The lowest BCUT2D eigenvalue weighted by Crippen LogP contribution is -2.15. The van der Waals surface area contributed by atoms with E-state index in [4.69, 9.17) is 14.7 Å². The van der Waals surface area contributed by atoms with Gasteiger partial charge in [0.15, 0.2) is 5.78 Å². The number of Topliss-reactive ketones (excluding diaryl/α,β-unsaturated/α-hetero) is 1. The molecule has 1 aromatic heterocycles. The fourth-order valence-corrected chi connectivity index (χ4v) is 3.05. The van der Waals surface area contributed by atoms with Crippen molar-refractivity contribution in [1.82, 2.24) is 4.98 Å². The van der Waals surface area contributed by atoms with Crippen LogP contribution < -0.4 is 9.47 Å². The van der Waals surface area contributed by atoms with Crippen LogP contribution in [0.5, 0.6) is 11.5 Å². The van der Waals surface area contributed by atoms with E-state index in [1.54, 1.807) is 42.7 Å². The summed E-state index contributed by atoms with van der Waals surface area (Å²) in [6.45, 7) is 0.388. The Morgan fingerprint density at radius 3 is 2.52 bits per heavy atom. The van der Waals surface area contributed by atoms with Crippen molar-refractivity contribution in [3.8, 4) is 17.6 Å². The highest BCUT2D eigenvalue weighted by Crippen LogP contribution is 2.33. The molecule has 0 fully saturated rings. The molecule has 0 radical (unpaired) electrons. The molecule has 5 nitrogen and oxygen atoms in total. The van der Waals surface area contributed by atoms with E-state index in [9.17, 15) is 4.79 Å². The molecule has 0 bridgehead atoms. The fourth-order valence-electron chi connectivity index (χ4n) is 3.05. The maximum Gasteiger partial charge on any atom is 0.169 e. The summed E-state index contributed by atoms with van der Waals surface area (Å²) in [5, 5.41) is 9.02. The topological polar surface area (TPSA) is 72.2 Å². The number of fused-ring (bicyclic) bond motifs is 1. The number of aromatic nitrogens is 1. The number of rotatable bonds is 4. The third-order valence-electron chi connectivity index (χ3n) is 4.45. The van der Waals surface area contributed by atoms with Gasteiger partial charge in [0.2, 0.25) is 0 Å². The molecular weight excluding hydrogens is 340 g/mol. The van der Waals surface area contributed by atoms with E-state index in [1.165, 1.54) is 0 Å². The van der Waals surface area contributed by atoms with Gasteiger partial charge in [0.1, 0.15) is 17.6 Å². The molecule has 1 atom stereocenters. The quantitative estimate of drug-likeness (QED) is 0.704. The molecule has 0 unspecified atom stereocenters. The largest absolute Gasteiger partial charge is 0.492 e. The van der Waals surface area contributed by atoms with Crippen molar-refractivity contribution in [2.45, 2.75) is 12.5 Å². The molecule has 1 aliphatic rings. The van der Waals surface area contributed by atoms with Gasteiger partial charge in [0.25, 0.3) is 0 Å². The van der Waals surface area contributed by atoms with Gasteiger partial charge in [0, 0.05) is 24.9 Å².